The van der Waals surface area contributed by atoms with Gasteiger partial charge in [-0.15, -0.1) is 0 Å². The van der Waals surface area contributed by atoms with Gasteiger partial charge in [0, 0.05) is 50.4 Å². The van der Waals surface area contributed by atoms with Crippen LogP contribution in [0.1, 0.15) is 56.1 Å². The number of rotatable bonds is 6. The fourth-order valence-electron chi connectivity index (χ4n) is 5.36. The molecular formula is C26H32N8OS. The SMILES string of the molecule is CC[C@H]1CN([C@H](C)c2ccc3nc(C)sc3n2)[C@H](CC)CN1c1cc(=O)n(C)c2cc(CC#N)nn12. The number of piperazine rings is 1. The van der Waals surface area contributed by atoms with Crippen LogP contribution in [-0.2, 0) is 13.5 Å². The molecule has 9 nitrogen and oxygen atoms in total. The van der Waals surface area contributed by atoms with E-state index >= 15 is 0 Å². The van der Waals surface area contributed by atoms with Gasteiger partial charge in [0.1, 0.15) is 21.8 Å². The number of hydrogen-bond donors (Lipinski definition) is 0. The Morgan fingerprint density at radius 2 is 1.94 bits per heavy atom. The summed E-state index contributed by atoms with van der Waals surface area (Å²) in [7, 11) is 1.75. The van der Waals surface area contributed by atoms with E-state index in [1.165, 1.54) is 0 Å². The van der Waals surface area contributed by atoms with Gasteiger partial charge in [-0.1, -0.05) is 25.2 Å². The number of aromatic nitrogens is 5. The number of pyridine rings is 1. The van der Waals surface area contributed by atoms with Crippen molar-refractivity contribution in [2.45, 2.75) is 65.1 Å². The van der Waals surface area contributed by atoms with Crippen LogP contribution < -0.4 is 10.5 Å². The fraction of sp³-hybridized carbons (Fsp3) is 0.500. The van der Waals surface area contributed by atoms with Gasteiger partial charge in [-0.25, -0.2) is 14.5 Å². The molecule has 36 heavy (non-hydrogen) atoms. The normalized spacial score (nSPS) is 19.7. The van der Waals surface area contributed by atoms with Crippen LogP contribution >= 0.6 is 11.3 Å². The van der Waals surface area contributed by atoms with E-state index < -0.39 is 0 Å². The third kappa shape index (κ3) is 4.16. The zero-order valence-corrected chi connectivity index (χ0v) is 22.3. The summed E-state index contributed by atoms with van der Waals surface area (Å²) in [6.45, 7) is 10.3. The molecule has 1 aliphatic heterocycles. The second kappa shape index (κ2) is 9.64. The first-order valence-corrected chi connectivity index (χ1v) is 13.4. The highest BCUT2D eigenvalue weighted by atomic mass is 32.1. The molecule has 0 amide bonds. The summed E-state index contributed by atoms with van der Waals surface area (Å²) in [4.78, 5) is 28.3. The summed E-state index contributed by atoms with van der Waals surface area (Å²) in [5, 5.41) is 14.9. The highest BCUT2D eigenvalue weighted by Crippen LogP contribution is 2.32. The van der Waals surface area contributed by atoms with Crippen LogP contribution in [0, 0.1) is 18.3 Å². The summed E-state index contributed by atoms with van der Waals surface area (Å²) in [5.41, 5.74) is 3.33. The molecule has 1 saturated heterocycles. The monoisotopic (exact) mass is 504 g/mol. The predicted octanol–water partition coefficient (Wildman–Crippen LogP) is 3.85. The van der Waals surface area contributed by atoms with Gasteiger partial charge in [-0.2, -0.15) is 10.4 Å². The predicted molar refractivity (Wildman–Crippen MR) is 143 cm³/mol. The molecule has 0 N–H and O–H groups in total. The zero-order valence-electron chi connectivity index (χ0n) is 21.5. The van der Waals surface area contributed by atoms with Crippen LogP contribution in [0.15, 0.2) is 29.1 Å². The van der Waals surface area contributed by atoms with E-state index in [1.54, 1.807) is 29.0 Å². The van der Waals surface area contributed by atoms with E-state index in [0.717, 1.165) is 52.8 Å². The molecule has 3 atom stereocenters. The Hall–Kier alpha value is -3.29. The Labute approximate surface area is 214 Å². The molecular weight excluding hydrogens is 472 g/mol. The van der Waals surface area contributed by atoms with Crippen LogP contribution in [0.4, 0.5) is 5.82 Å². The van der Waals surface area contributed by atoms with Crippen LogP contribution in [-0.4, -0.2) is 54.2 Å². The van der Waals surface area contributed by atoms with Crippen molar-refractivity contribution in [3.63, 3.8) is 0 Å². The summed E-state index contributed by atoms with van der Waals surface area (Å²) in [6, 6.07) is 10.5. The van der Waals surface area contributed by atoms with E-state index in [0.29, 0.717) is 11.3 Å². The third-order valence-electron chi connectivity index (χ3n) is 7.43. The lowest BCUT2D eigenvalue weighted by molar-refractivity contribution is 0.0986. The number of fused-ring (bicyclic) bond motifs is 2. The Kier molecular flexibility index (Phi) is 6.53. The van der Waals surface area contributed by atoms with Gasteiger partial charge < -0.3 is 4.90 Å². The maximum atomic E-state index is 12.9. The van der Waals surface area contributed by atoms with E-state index in [1.807, 2.05) is 17.5 Å². The second-order valence-electron chi connectivity index (χ2n) is 9.58. The van der Waals surface area contributed by atoms with Crippen LogP contribution in [0.3, 0.4) is 0 Å². The molecule has 5 heterocycles. The topological polar surface area (TPSA) is 95.4 Å². The van der Waals surface area contributed by atoms with Crippen LogP contribution in [0.5, 0.6) is 0 Å². The number of aryl methyl sites for hydroxylation is 2. The van der Waals surface area contributed by atoms with Crippen molar-refractivity contribution in [3.8, 4) is 6.07 Å². The molecule has 4 aromatic heterocycles. The quantitative estimate of drug-likeness (QED) is 0.394. The maximum absolute atomic E-state index is 12.9. The molecule has 0 bridgehead atoms. The number of nitriles is 1. The van der Waals surface area contributed by atoms with E-state index in [-0.39, 0.29) is 30.1 Å². The summed E-state index contributed by atoms with van der Waals surface area (Å²) in [5.74, 6) is 0.801. The summed E-state index contributed by atoms with van der Waals surface area (Å²) in [6.07, 6.45) is 2.13. The molecule has 0 radical (unpaired) electrons. The Morgan fingerprint density at radius 1 is 1.17 bits per heavy atom. The summed E-state index contributed by atoms with van der Waals surface area (Å²) < 4.78 is 3.43. The van der Waals surface area contributed by atoms with Gasteiger partial charge in [0.15, 0.2) is 0 Å². The Morgan fingerprint density at radius 3 is 2.67 bits per heavy atom. The molecule has 4 aromatic rings. The molecule has 5 rings (SSSR count). The number of hydrogen-bond acceptors (Lipinski definition) is 8. The molecule has 0 aliphatic carbocycles. The fourth-order valence-corrected chi connectivity index (χ4v) is 6.16. The number of anilines is 1. The first-order chi connectivity index (χ1) is 17.3. The highest BCUT2D eigenvalue weighted by Gasteiger charge is 2.37. The first kappa shape index (κ1) is 24.4. The molecule has 0 spiro atoms. The molecule has 1 aliphatic rings. The number of nitrogens with zero attached hydrogens (tertiary/aromatic N) is 8. The van der Waals surface area contributed by atoms with Gasteiger partial charge in [0.2, 0.25) is 0 Å². The van der Waals surface area contributed by atoms with Crippen molar-refractivity contribution in [1.82, 2.24) is 29.0 Å². The standard InChI is InChI=1S/C26H32N8OS/c1-6-19-15-33(24-13-25(35)31(5)23-12-18(10-11-27)30-34(23)24)20(7-2)14-32(19)16(3)21-8-9-22-26(29-21)36-17(4)28-22/h8-9,12-13,16,19-20H,6-7,10,14-15H2,1-5H3/t16-,19-,20+/m1/s1. The first-order valence-electron chi connectivity index (χ1n) is 12.6. The highest BCUT2D eigenvalue weighted by molar-refractivity contribution is 7.18. The van der Waals surface area contributed by atoms with Gasteiger partial charge in [-0.05, 0) is 38.8 Å². The van der Waals surface area contributed by atoms with E-state index in [4.69, 9.17) is 10.1 Å². The molecule has 0 aromatic carbocycles. The lowest BCUT2D eigenvalue weighted by atomic mass is 9.99. The second-order valence-corrected chi connectivity index (χ2v) is 10.8. The zero-order chi connectivity index (χ0) is 25.6. The molecule has 0 unspecified atom stereocenters. The largest absolute Gasteiger partial charge is 0.351 e. The summed E-state index contributed by atoms with van der Waals surface area (Å²) >= 11 is 1.64. The molecule has 10 heteroatoms. The van der Waals surface area contributed by atoms with Crippen molar-refractivity contribution in [2.24, 2.45) is 7.05 Å². The average molecular weight is 505 g/mol. The van der Waals surface area contributed by atoms with Crippen molar-refractivity contribution in [1.29, 1.82) is 5.26 Å². The minimum atomic E-state index is -0.0723. The minimum absolute atomic E-state index is 0.0723. The van der Waals surface area contributed by atoms with Crippen molar-refractivity contribution < 1.29 is 0 Å². The van der Waals surface area contributed by atoms with Crippen molar-refractivity contribution in [3.05, 3.63) is 51.0 Å². The minimum Gasteiger partial charge on any atom is -0.351 e. The lowest BCUT2D eigenvalue weighted by Gasteiger charge is -2.49. The lowest BCUT2D eigenvalue weighted by Crippen LogP contribution is -2.59. The van der Waals surface area contributed by atoms with Gasteiger partial charge >= 0.3 is 0 Å². The molecule has 188 valence electrons. The third-order valence-corrected chi connectivity index (χ3v) is 8.31. The number of thiazole rings is 1. The Balaban J connectivity index is 1.50. The van der Waals surface area contributed by atoms with Crippen molar-refractivity contribution >= 4 is 33.1 Å². The van der Waals surface area contributed by atoms with Gasteiger partial charge in [0.25, 0.3) is 5.56 Å². The van der Waals surface area contributed by atoms with Crippen LogP contribution in [0.25, 0.3) is 16.0 Å². The Bertz CT molecular complexity index is 1510. The van der Waals surface area contributed by atoms with E-state index in [2.05, 4.69) is 53.8 Å². The van der Waals surface area contributed by atoms with Gasteiger partial charge in [-0.3, -0.25) is 14.3 Å². The van der Waals surface area contributed by atoms with Crippen molar-refractivity contribution in [2.75, 3.05) is 18.0 Å². The van der Waals surface area contributed by atoms with E-state index in [9.17, 15) is 10.1 Å². The van der Waals surface area contributed by atoms with Gasteiger partial charge in [0.05, 0.1) is 28.9 Å². The molecule has 1 fully saturated rings. The maximum Gasteiger partial charge on any atom is 0.255 e. The smallest absolute Gasteiger partial charge is 0.255 e. The molecule has 0 saturated carbocycles. The van der Waals surface area contributed by atoms with Crippen LogP contribution in [0.2, 0.25) is 0 Å². The average Bonchev–Trinajstić information content (AvgIpc) is 3.47.